The molecule has 0 spiro atoms. The van der Waals surface area contributed by atoms with Gasteiger partial charge in [-0.25, -0.2) is 0 Å². The Hall–Kier alpha value is -1.93. The van der Waals surface area contributed by atoms with Crippen molar-refractivity contribution < 1.29 is 9.53 Å². The van der Waals surface area contributed by atoms with E-state index in [9.17, 15) is 10.1 Å². The van der Waals surface area contributed by atoms with Crippen molar-refractivity contribution in [2.75, 3.05) is 26.8 Å². The van der Waals surface area contributed by atoms with Crippen LogP contribution in [0.2, 0.25) is 0 Å². The van der Waals surface area contributed by atoms with E-state index in [1.54, 1.807) is 7.11 Å². The number of nitrogens with zero attached hydrogens (tertiary/aromatic N) is 3. The summed E-state index contributed by atoms with van der Waals surface area (Å²) >= 11 is 0. The number of aromatic nitrogens is 1. The molecule has 1 saturated heterocycles. The molecule has 1 aromatic heterocycles. The Bertz CT molecular complexity index is 578. The standard InChI is InChI=1S/C16H21N3O2/c1-11-6-14(9-17)15(18-12(11)2)7-13-8-16(20)19(10-13)4-5-21-3/h6,13H,4-5,7-8,10H2,1-3H3. The van der Waals surface area contributed by atoms with Crippen LogP contribution in [-0.4, -0.2) is 42.6 Å². The number of hydrogen-bond acceptors (Lipinski definition) is 4. The van der Waals surface area contributed by atoms with Crippen LogP contribution in [0.15, 0.2) is 6.07 Å². The van der Waals surface area contributed by atoms with Gasteiger partial charge < -0.3 is 9.64 Å². The van der Waals surface area contributed by atoms with Gasteiger partial charge in [-0.1, -0.05) is 0 Å². The fraction of sp³-hybridized carbons (Fsp3) is 0.562. The van der Waals surface area contributed by atoms with E-state index in [1.165, 1.54) is 0 Å². The Morgan fingerprint density at radius 2 is 2.29 bits per heavy atom. The monoisotopic (exact) mass is 287 g/mol. The van der Waals surface area contributed by atoms with Crippen molar-refractivity contribution in [2.24, 2.45) is 5.92 Å². The number of methoxy groups -OCH3 is 1. The highest BCUT2D eigenvalue weighted by Gasteiger charge is 2.30. The Morgan fingerprint density at radius 3 is 2.95 bits per heavy atom. The summed E-state index contributed by atoms with van der Waals surface area (Å²) in [5, 5.41) is 9.24. The van der Waals surface area contributed by atoms with E-state index < -0.39 is 0 Å². The van der Waals surface area contributed by atoms with Crippen molar-refractivity contribution >= 4 is 5.91 Å². The molecule has 0 N–H and O–H groups in total. The molecule has 0 bridgehead atoms. The maximum Gasteiger partial charge on any atom is 0.223 e. The van der Waals surface area contributed by atoms with Crippen LogP contribution in [0, 0.1) is 31.1 Å². The predicted octanol–water partition coefficient (Wildman–Crippen LogP) is 1.61. The molecule has 1 fully saturated rings. The molecule has 1 aromatic rings. The van der Waals surface area contributed by atoms with Gasteiger partial charge in [0.05, 0.1) is 17.9 Å². The molecule has 21 heavy (non-hydrogen) atoms. The summed E-state index contributed by atoms with van der Waals surface area (Å²) in [5.74, 6) is 0.399. The first-order valence-electron chi connectivity index (χ1n) is 7.19. The van der Waals surface area contributed by atoms with Gasteiger partial charge in [0, 0.05) is 32.3 Å². The fourth-order valence-corrected chi connectivity index (χ4v) is 2.69. The Morgan fingerprint density at radius 1 is 1.52 bits per heavy atom. The molecule has 0 saturated carbocycles. The van der Waals surface area contributed by atoms with E-state index in [-0.39, 0.29) is 11.8 Å². The molecule has 5 heteroatoms. The number of amides is 1. The third kappa shape index (κ3) is 3.59. The number of rotatable bonds is 5. The lowest BCUT2D eigenvalue weighted by molar-refractivity contribution is -0.128. The topological polar surface area (TPSA) is 66.2 Å². The molecular weight excluding hydrogens is 266 g/mol. The van der Waals surface area contributed by atoms with Crippen LogP contribution >= 0.6 is 0 Å². The zero-order valence-electron chi connectivity index (χ0n) is 12.8. The third-order valence-electron chi connectivity index (χ3n) is 4.01. The fourth-order valence-electron chi connectivity index (χ4n) is 2.69. The minimum atomic E-state index is 0.166. The summed E-state index contributed by atoms with van der Waals surface area (Å²) in [6.45, 7) is 5.83. The van der Waals surface area contributed by atoms with Crippen LogP contribution in [0.3, 0.4) is 0 Å². The van der Waals surface area contributed by atoms with Gasteiger partial charge in [0.1, 0.15) is 6.07 Å². The molecule has 1 unspecified atom stereocenters. The second-order valence-corrected chi connectivity index (χ2v) is 5.60. The second-order valence-electron chi connectivity index (χ2n) is 5.60. The smallest absolute Gasteiger partial charge is 0.223 e. The minimum Gasteiger partial charge on any atom is -0.383 e. The highest BCUT2D eigenvalue weighted by Crippen LogP contribution is 2.23. The molecule has 1 amide bonds. The first kappa shape index (κ1) is 15.5. The molecule has 1 atom stereocenters. The van der Waals surface area contributed by atoms with E-state index in [1.807, 2.05) is 24.8 Å². The molecule has 1 aliphatic rings. The Labute approximate surface area is 125 Å². The summed E-state index contributed by atoms with van der Waals surface area (Å²) in [7, 11) is 1.64. The summed E-state index contributed by atoms with van der Waals surface area (Å²) in [6.07, 6.45) is 1.21. The summed E-state index contributed by atoms with van der Waals surface area (Å²) in [6, 6.07) is 4.10. The van der Waals surface area contributed by atoms with Crippen molar-refractivity contribution in [3.8, 4) is 6.07 Å². The molecule has 2 rings (SSSR count). The highest BCUT2D eigenvalue weighted by molar-refractivity contribution is 5.78. The van der Waals surface area contributed by atoms with Crippen LogP contribution in [0.4, 0.5) is 0 Å². The van der Waals surface area contributed by atoms with Gasteiger partial charge in [-0.2, -0.15) is 5.26 Å². The quantitative estimate of drug-likeness (QED) is 0.825. The first-order valence-corrected chi connectivity index (χ1v) is 7.19. The maximum absolute atomic E-state index is 11.9. The number of likely N-dealkylation sites (tertiary alicyclic amines) is 1. The number of ether oxygens (including phenoxy) is 1. The zero-order valence-corrected chi connectivity index (χ0v) is 12.8. The number of nitriles is 1. The molecular formula is C16H21N3O2. The molecule has 0 radical (unpaired) electrons. The van der Waals surface area contributed by atoms with Crippen molar-refractivity contribution in [3.05, 3.63) is 28.6 Å². The number of hydrogen-bond donors (Lipinski definition) is 0. The van der Waals surface area contributed by atoms with Gasteiger partial charge in [0.2, 0.25) is 5.91 Å². The van der Waals surface area contributed by atoms with E-state index in [0.717, 1.165) is 23.5 Å². The second kappa shape index (κ2) is 6.68. The number of pyridine rings is 1. The predicted molar refractivity (Wildman–Crippen MR) is 78.7 cm³/mol. The van der Waals surface area contributed by atoms with Crippen molar-refractivity contribution in [3.63, 3.8) is 0 Å². The molecule has 0 aromatic carbocycles. The Balaban J connectivity index is 2.08. The molecule has 1 aliphatic heterocycles. The SMILES string of the molecule is COCCN1CC(Cc2nc(C)c(C)cc2C#N)CC1=O. The van der Waals surface area contributed by atoms with Gasteiger partial charge >= 0.3 is 0 Å². The van der Waals surface area contributed by atoms with Gasteiger partial charge in [0.25, 0.3) is 0 Å². The third-order valence-corrected chi connectivity index (χ3v) is 4.01. The van der Waals surface area contributed by atoms with E-state index in [4.69, 9.17) is 4.74 Å². The van der Waals surface area contributed by atoms with E-state index in [0.29, 0.717) is 31.6 Å². The minimum absolute atomic E-state index is 0.166. The summed E-state index contributed by atoms with van der Waals surface area (Å²) in [5.41, 5.74) is 3.41. The lowest BCUT2D eigenvalue weighted by Gasteiger charge is -2.16. The normalized spacial score (nSPS) is 18.1. The largest absolute Gasteiger partial charge is 0.383 e. The molecule has 112 valence electrons. The van der Waals surface area contributed by atoms with Crippen molar-refractivity contribution in [1.29, 1.82) is 5.26 Å². The van der Waals surface area contributed by atoms with Crippen molar-refractivity contribution in [2.45, 2.75) is 26.7 Å². The summed E-state index contributed by atoms with van der Waals surface area (Å²) < 4.78 is 5.02. The van der Waals surface area contributed by atoms with Crippen LogP contribution in [-0.2, 0) is 16.0 Å². The van der Waals surface area contributed by atoms with E-state index in [2.05, 4.69) is 11.1 Å². The van der Waals surface area contributed by atoms with E-state index >= 15 is 0 Å². The average Bonchev–Trinajstić information content (AvgIpc) is 2.80. The van der Waals surface area contributed by atoms with Crippen LogP contribution in [0.25, 0.3) is 0 Å². The number of aryl methyl sites for hydroxylation is 2. The zero-order chi connectivity index (χ0) is 15.4. The Kier molecular flexibility index (Phi) is 4.92. The highest BCUT2D eigenvalue weighted by atomic mass is 16.5. The number of carbonyl (C=O) groups excluding carboxylic acids is 1. The summed E-state index contributed by atoms with van der Waals surface area (Å²) in [4.78, 5) is 18.3. The van der Waals surface area contributed by atoms with Crippen LogP contribution in [0.5, 0.6) is 0 Å². The van der Waals surface area contributed by atoms with Crippen LogP contribution < -0.4 is 0 Å². The van der Waals surface area contributed by atoms with Gasteiger partial charge in [-0.15, -0.1) is 0 Å². The lowest BCUT2D eigenvalue weighted by atomic mass is 9.98. The maximum atomic E-state index is 11.9. The van der Waals surface area contributed by atoms with Gasteiger partial charge in [-0.3, -0.25) is 9.78 Å². The average molecular weight is 287 g/mol. The molecule has 2 heterocycles. The first-order chi connectivity index (χ1) is 10.0. The van der Waals surface area contributed by atoms with Gasteiger partial charge in [0.15, 0.2) is 0 Å². The van der Waals surface area contributed by atoms with Crippen LogP contribution in [0.1, 0.15) is 28.9 Å². The van der Waals surface area contributed by atoms with Gasteiger partial charge in [-0.05, 0) is 37.8 Å². The lowest BCUT2D eigenvalue weighted by Crippen LogP contribution is -2.29. The molecule has 0 aliphatic carbocycles. The number of carbonyl (C=O) groups is 1. The van der Waals surface area contributed by atoms with Crippen molar-refractivity contribution in [1.82, 2.24) is 9.88 Å². The molecule has 5 nitrogen and oxygen atoms in total.